The molecule has 2 heterocycles. The summed E-state index contributed by atoms with van der Waals surface area (Å²) >= 11 is 0. The van der Waals surface area contributed by atoms with Gasteiger partial charge in [-0.1, -0.05) is 6.07 Å². The maximum absolute atomic E-state index is 5.73. The molecule has 0 aliphatic heterocycles. The highest BCUT2D eigenvalue weighted by Crippen LogP contribution is 2.39. The number of anilines is 3. The fourth-order valence-corrected chi connectivity index (χ4v) is 2.33. The van der Waals surface area contributed by atoms with Crippen LogP contribution in [0.4, 0.5) is 17.3 Å². The van der Waals surface area contributed by atoms with E-state index in [1.54, 1.807) is 12.1 Å². The zero-order valence-corrected chi connectivity index (χ0v) is 12.5. The topological polar surface area (TPSA) is 88.9 Å². The molecule has 1 aliphatic rings. The highest BCUT2D eigenvalue weighted by molar-refractivity contribution is 5.53. The predicted octanol–water partition coefficient (Wildman–Crippen LogP) is 3.80. The zero-order chi connectivity index (χ0) is 15.6. The number of nitrogens with two attached hydrogens (primary N) is 1. The minimum absolute atomic E-state index is 0.512. The van der Waals surface area contributed by atoms with Crippen molar-refractivity contribution in [3.8, 4) is 11.6 Å². The van der Waals surface area contributed by atoms with Crippen molar-refractivity contribution in [2.24, 2.45) is 0 Å². The number of rotatable bonds is 5. The molecule has 0 radical (unpaired) electrons. The third-order valence-electron chi connectivity index (χ3n) is 3.70. The molecule has 0 atom stereocenters. The van der Waals surface area contributed by atoms with Crippen LogP contribution in [0.15, 0.2) is 48.5 Å². The van der Waals surface area contributed by atoms with Crippen LogP contribution in [0.2, 0.25) is 0 Å². The van der Waals surface area contributed by atoms with Gasteiger partial charge in [0.1, 0.15) is 11.6 Å². The molecule has 1 aromatic carbocycles. The molecular weight excluding hydrogens is 290 g/mol. The molecule has 0 saturated heterocycles. The minimum atomic E-state index is 0.512. The van der Waals surface area contributed by atoms with Gasteiger partial charge in [0, 0.05) is 29.4 Å². The van der Waals surface area contributed by atoms with Crippen molar-refractivity contribution in [2.75, 3.05) is 11.1 Å². The van der Waals surface area contributed by atoms with Gasteiger partial charge in [0.05, 0.1) is 0 Å². The second kappa shape index (κ2) is 5.64. The average Bonchev–Trinajstić information content (AvgIpc) is 3.30. The molecule has 0 unspecified atom stereocenters. The Hall–Kier alpha value is -3.02. The first-order chi connectivity index (χ1) is 11.3. The van der Waals surface area contributed by atoms with E-state index in [0.29, 0.717) is 29.1 Å². The van der Waals surface area contributed by atoms with Gasteiger partial charge in [-0.2, -0.15) is 10.1 Å². The van der Waals surface area contributed by atoms with Gasteiger partial charge < -0.3 is 15.8 Å². The first-order valence-corrected chi connectivity index (χ1v) is 7.59. The van der Waals surface area contributed by atoms with Crippen molar-refractivity contribution < 1.29 is 4.74 Å². The molecule has 4 N–H and O–H groups in total. The molecule has 4 rings (SSSR count). The maximum Gasteiger partial charge on any atom is 0.221 e. The number of nitrogens with zero attached hydrogens (tertiary/aromatic N) is 2. The molecule has 2 aromatic heterocycles. The lowest BCUT2D eigenvalue weighted by atomic mass is 10.3. The van der Waals surface area contributed by atoms with Crippen molar-refractivity contribution in [1.82, 2.24) is 15.2 Å². The maximum atomic E-state index is 5.73. The Kier molecular flexibility index (Phi) is 3.34. The van der Waals surface area contributed by atoms with E-state index in [2.05, 4.69) is 20.5 Å². The summed E-state index contributed by atoms with van der Waals surface area (Å²) in [5.41, 5.74) is 7.55. The summed E-state index contributed by atoms with van der Waals surface area (Å²) in [6.45, 7) is 0. The van der Waals surface area contributed by atoms with Crippen molar-refractivity contribution in [3.63, 3.8) is 0 Å². The zero-order valence-electron chi connectivity index (χ0n) is 12.5. The average molecular weight is 307 g/mol. The Morgan fingerprint density at radius 1 is 1.09 bits per heavy atom. The van der Waals surface area contributed by atoms with Gasteiger partial charge in [0.15, 0.2) is 5.82 Å². The number of hydrogen-bond donors (Lipinski definition) is 3. The van der Waals surface area contributed by atoms with E-state index in [-0.39, 0.29) is 0 Å². The standard InChI is InChI=1S/C17H17N5O/c18-12-6-8-13(9-7-12)23-17-3-1-2-15(20-17)19-16-10-14(21-22-16)11-4-5-11/h1-3,6-11H,4-5,18H2,(H2,19,20,21,22). The minimum Gasteiger partial charge on any atom is -0.439 e. The first kappa shape index (κ1) is 13.6. The number of nitrogens with one attached hydrogen (secondary N) is 2. The molecule has 0 spiro atoms. The lowest BCUT2D eigenvalue weighted by Crippen LogP contribution is -1.95. The number of hydrogen-bond acceptors (Lipinski definition) is 5. The summed E-state index contributed by atoms with van der Waals surface area (Å²) in [7, 11) is 0. The van der Waals surface area contributed by atoms with Gasteiger partial charge in [-0.05, 0) is 43.2 Å². The van der Waals surface area contributed by atoms with Gasteiger partial charge in [0.2, 0.25) is 5.88 Å². The Morgan fingerprint density at radius 2 is 1.91 bits per heavy atom. The SMILES string of the molecule is Nc1ccc(Oc2cccc(Nc3cc(C4CC4)[nH]n3)n2)cc1. The van der Waals surface area contributed by atoms with Crippen molar-refractivity contribution in [1.29, 1.82) is 0 Å². The summed E-state index contributed by atoms with van der Waals surface area (Å²) in [5.74, 6) is 3.30. The fourth-order valence-electron chi connectivity index (χ4n) is 2.33. The van der Waals surface area contributed by atoms with Gasteiger partial charge in [-0.15, -0.1) is 0 Å². The Balaban J connectivity index is 1.47. The summed E-state index contributed by atoms with van der Waals surface area (Å²) < 4.78 is 5.73. The molecule has 0 bridgehead atoms. The number of benzene rings is 1. The van der Waals surface area contributed by atoms with Crippen LogP contribution in [0.5, 0.6) is 11.6 Å². The molecule has 3 aromatic rings. The van der Waals surface area contributed by atoms with Crippen molar-refractivity contribution >= 4 is 17.3 Å². The summed E-state index contributed by atoms with van der Waals surface area (Å²) in [5, 5.41) is 10.5. The smallest absolute Gasteiger partial charge is 0.221 e. The number of aromatic amines is 1. The molecule has 1 aliphatic carbocycles. The molecule has 6 heteroatoms. The van der Waals surface area contributed by atoms with Gasteiger partial charge in [-0.3, -0.25) is 5.10 Å². The summed E-state index contributed by atoms with van der Waals surface area (Å²) in [4.78, 5) is 4.44. The van der Waals surface area contributed by atoms with Crippen LogP contribution < -0.4 is 15.8 Å². The van der Waals surface area contributed by atoms with Gasteiger partial charge >= 0.3 is 0 Å². The molecule has 1 saturated carbocycles. The van der Waals surface area contributed by atoms with Crippen LogP contribution in [-0.4, -0.2) is 15.2 Å². The Bertz CT molecular complexity index is 808. The van der Waals surface area contributed by atoms with Crippen LogP contribution in [-0.2, 0) is 0 Å². The molecule has 23 heavy (non-hydrogen) atoms. The molecule has 116 valence electrons. The van der Waals surface area contributed by atoms with Crippen LogP contribution >= 0.6 is 0 Å². The number of H-pyrrole nitrogens is 1. The van der Waals surface area contributed by atoms with E-state index in [1.807, 2.05) is 36.4 Å². The normalized spacial score (nSPS) is 13.7. The highest BCUT2D eigenvalue weighted by atomic mass is 16.5. The van der Waals surface area contributed by atoms with Gasteiger partial charge in [-0.25, -0.2) is 0 Å². The number of nitrogen functional groups attached to an aromatic ring is 1. The third-order valence-corrected chi connectivity index (χ3v) is 3.70. The Labute approximate surface area is 133 Å². The Morgan fingerprint density at radius 3 is 2.70 bits per heavy atom. The molecule has 0 amide bonds. The van der Waals surface area contributed by atoms with E-state index >= 15 is 0 Å². The number of pyridine rings is 1. The van der Waals surface area contributed by atoms with Crippen LogP contribution in [0, 0.1) is 0 Å². The van der Waals surface area contributed by atoms with E-state index < -0.39 is 0 Å². The van der Waals surface area contributed by atoms with Crippen LogP contribution in [0.25, 0.3) is 0 Å². The number of aromatic nitrogens is 3. The van der Waals surface area contributed by atoms with E-state index in [1.165, 1.54) is 18.5 Å². The van der Waals surface area contributed by atoms with E-state index in [4.69, 9.17) is 10.5 Å². The fraction of sp³-hybridized carbons (Fsp3) is 0.176. The molecule has 1 fully saturated rings. The van der Waals surface area contributed by atoms with Crippen LogP contribution in [0.1, 0.15) is 24.5 Å². The van der Waals surface area contributed by atoms with E-state index in [0.717, 1.165) is 5.82 Å². The lowest BCUT2D eigenvalue weighted by Gasteiger charge is -2.07. The summed E-state index contributed by atoms with van der Waals surface area (Å²) in [6, 6.07) is 14.8. The monoisotopic (exact) mass is 307 g/mol. The first-order valence-electron chi connectivity index (χ1n) is 7.59. The molecule has 6 nitrogen and oxygen atoms in total. The van der Waals surface area contributed by atoms with E-state index in [9.17, 15) is 0 Å². The quantitative estimate of drug-likeness (QED) is 0.624. The lowest BCUT2D eigenvalue weighted by molar-refractivity contribution is 0.464. The second-order valence-electron chi connectivity index (χ2n) is 5.64. The number of ether oxygens (including phenoxy) is 1. The van der Waals surface area contributed by atoms with Gasteiger partial charge in [0.25, 0.3) is 0 Å². The summed E-state index contributed by atoms with van der Waals surface area (Å²) in [6.07, 6.45) is 2.48. The van der Waals surface area contributed by atoms with Crippen molar-refractivity contribution in [3.05, 3.63) is 54.2 Å². The third kappa shape index (κ3) is 3.26. The molecular formula is C17H17N5O. The van der Waals surface area contributed by atoms with Crippen LogP contribution in [0.3, 0.4) is 0 Å². The largest absolute Gasteiger partial charge is 0.439 e. The highest BCUT2D eigenvalue weighted by Gasteiger charge is 2.25. The second-order valence-corrected chi connectivity index (χ2v) is 5.64. The predicted molar refractivity (Wildman–Crippen MR) is 89.0 cm³/mol. The van der Waals surface area contributed by atoms with Crippen molar-refractivity contribution in [2.45, 2.75) is 18.8 Å².